The van der Waals surface area contributed by atoms with Crippen molar-refractivity contribution in [2.24, 2.45) is 5.92 Å². The van der Waals surface area contributed by atoms with Crippen LogP contribution in [-0.2, 0) is 19.5 Å². The molecule has 0 unspecified atom stereocenters. The first kappa shape index (κ1) is 19.1. The lowest BCUT2D eigenvalue weighted by molar-refractivity contribution is 0.0410. The molecule has 0 bridgehead atoms. The smallest absolute Gasteiger partial charge is 0.243 e. The predicted octanol–water partition coefficient (Wildman–Crippen LogP) is 1.95. The molecule has 0 amide bonds. The van der Waals surface area contributed by atoms with Gasteiger partial charge in [-0.25, -0.2) is 8.42 Å². The van der Waals surface area contributed by atoms with E-state index in [4.69, 9.17) is 9.47 Å². The number of ether oxygens (including phenoxy) is 2. The van der Waals surface area contributed by atoms with E-state index < -0.39 is 10.0 Å². The van der Waals surface area contributed by atoms with E-state index in [1.54, 1.807) is 19.2 Å². The van der Waals surface area contributed by atoms with Crippen LogP contribution in [-0.4, -0.2) is 58.5 Å². The van der Waals surface area contributed by atoms with E-state index >= 15 is 0 Å². The van der Waals surface area contributed by atoms with Crippen molar-refractivity contribution in [3.05, 3.63) is 29.8 Å². The highest BCUT2D eigenvalue weighted by molar-refractivity contribution is 7.89. The van der Waals surface area contributed by atoms with E-state index in [1.165, 1.54) is 23.4 Å². The second kappa shape index (κ2) is 8.71. The Kier molecular flexibility index (Phi) is 6.91. The second-order valence-corrected chi connectivity index (χ2v) is 7.93. The van der Waals surface area contributed by atoms with Crippen LogP contribution in [0, 0.1) is 5.92 Å². The number of nitrogens with zero attached hydrogens (tertiary/aromatic N) is 1. The summed E-state index contributed by atoms with van der Waals surface area (Å²) in [6.45, 7) is 4.23. The highest BCUT2D eigenvalue weighted by Crippen LogP contribution is 2.24. The molecule has 0 aromatic heterocycles. The number of sulfonamides is 1. The van der Waals surface area contributed by atoms with Gasteiger partial charge in [0.1, 0.15) is 0 Å². The number of piperidine rings is 1. The molecule has 0 atom stereocenters. The lowest BCUT2D eigenvalue weighted by Crippen LogP contribution is -2.39. The lowest BCUT2D eigenvalue weighted by Gasteiger charge is -2.31. The Bertz CT molecular complexity index is 633. The first-order valence-electron chi connectivity index (χ1n) is 8.13. The maximum Gasteiger partial charge on any atom is 0.243 e. The van der Waals surface area contributed by atoms with Crippen molar-refractivity contribution in [2.75, 3.05) is 40.0 Å². The van der Waals surface area contributed by atoms with Crippen LogP contribution >= 0.6 is 0 Å². The molecule has 134 valence electrons. The molecule has 0 spiro atoms. The summed E-state index contributed by atoms with van der Waals surface area (Å²) in [6, 6.07) is 6.13. The molecule has 1 heterocycles. The molecule has 1 saturated heterocycles. The molecule has 0 saturated carbocycles. The Morgan fingerprint density at radius 2 is 1.79 bits per heavy atom. The van der Waals surface area contributed by atoms with Gasteiger partial charge in [0.15, 0.2) is 5.78 Å². The molecule has 24 heavy (non-hydrogen) atoms. The fraction of sp³-hybridized carbons (Fsp3) is 0.588. The highest BCUT2D eigenvalue weighted by Gasteiger charge is 2.29. The van der Waals surface area contributed by atoms with E-state index in [9.17, 15) is 13.2 Å². The quantitative estimate of drug-likeness (QED) is 0.526. The first-order valence-corrected chi connectivity index (χ1v) is 9.57. The molecule has 6 nitrogen and oxygen atoms in total. The third kappa shape index (κ3) is 4.86. The van der Waals surface area contributed by atoms with E-state index in [1.807, 2.05) is 0 Å². The second-order valence-electron chi connectivity index (χ2n) is 6.00. The van der Waals surface area contributed by atoms with E-state index in [2.05, 4.69) is 0 Å². The van der Waals surface area contributed by atoms with Gasteiger partial charge in [-0.15, -0.1) is 0 Å². The van der Waals surface area contributed by atoms with Crippen LogP contribution in [0.4, 0.5) is 0 Å². The van der Waals surface area contributed by atoms with Gasteiger partial charge in [0, 0.05) is 32.4 Å². The van der Waals surface area contributed by atoms with E-state index in [0.29, 0.717) is 44.4 Å². The van der Waals surface area contributed by atoms with Crippen LogP contribution in [0.2, 0.25) is 0 Å². The number of Topliss-reactive ketones (excluding diaryl/α,β-unsaturated/α-hetero) is 1. The Hall–Kier alpha value is -1.28. The summed E-state index contributed by atoms with van der Waals surface area (Å²) >= 11 is 0. The van der Waals surface area contributed by atoms with Gasteiger partial charge in [0.2, 0.25) is 10.0 Å². The third-order valence-electron chi connectivity index (χ3n) is 4.26. The fourth-order valence-corrected chi connectivity index (χ4v) is 4.19. The Morgan fingerprint density at radius 1 is 1.17 bits per heavy atom. The Balaban J connectivity index is 1.91. The maximum absolute atomic E-state index is 12.7. The molecular weight excluding hydrogens is 330 g/mol. The summed E-state index contributed by atoms with van der Waals surface area (Å²) in [6.07, 6.45) is 1.58. The molecule has 0 aliphatic carbocycles. The number of carbonyl (C=O) groups is 1. The van der Waals surface area contributed by atoms with Crippen molar-refractivity contribution in [1.82, 2.24) is 4.31 Å². The van der Waals surface area contributed by atoms with Crippen LogP contribution in [0.15, 0.2) is 29.2 Å². The first-order chi connectivity index (χ1) is 11.4. The zero-order valence-electron chi connectivity index (χ0n) is 14.2. The van der Waals surface area contributed by atoms with Crippen molar-refractivity contribution in [3.63, 3.8) is 0 Å². The zero-order valence-corrected chi connectivity index (χ0v) is 15.0. The van der Waals surface area contributed by atoms with Crippen LogP contribution in [0.25, 0.3) is 0 Å². The van der Waals surface area contributed by atoms with Gasteiger partial charge in [0.05, 0.1) is 18.1 Å². The molecule has 0 N–H and O–H groups in total. The van der Waals surface area contributed by atoms with Gasteiger partial charge in [-0.3, -0.25) is 4.79 Å². The number of hydrogen-bond donors (Lipinski definition) is 0. The molecule has 7 heteroatoms. The van der Waals surface area contributed by atoms with Crippen LogP contribution < -0.4 is 0 Å². The summed E-state index contributed by atoms with van der Waals surface area (Å²) in [5.74, 6) is 0.307. The molecule has 2 rings (SSSR count). The topological polar surface area (TPSA) is 72.9 Å². The Morgan fingerprint density at radius 3 is 2.33 bits per heavy atom. The lowest BCUT2D eigenvalue weighted by atomic mass is 9.99. The standard InChI is InChI=1S/C17H25NO5S/c1-14(19)16-3-5-17(6-4-16)24(20,21)18-9-7-15(8-10-18)13-23-12-11-22-2/h3-6,15H,7-13H2,1-2H3. The number of rotatable bonds is 8. The van der Waals surface area contributed by atoms with Gasteiger partial charge >= 0.3 is 0 Å². The molecule has 1 aromatic rings. The predicted molar refractivity (Wildman–Crippen MR) is 90.6 cm³/mol. The Labute approximate surface area is 143 Å². The van der Waals surface area contributed by atoms with Crippen molar-refractivity contribution < 1.29 is 22.7 Å². The summed E-state index contributed by atoms with van der Waals surface area (Å²) in [7, 11) is -1.86. The highest BCUT2D eigenvalue weighted by atomic mass is 32.2. The molecule has 1 aromatic carbocycles. The summed E-state index contributed by atoms with van der Waals surface area (Å²) in [5.41, 5.74) is 0.515. The molecule has 1 aliphatic rings. The van der Waals surface area contributed by atoms with Crippen LogP contribution in [0.1, 0.15) is 30.1 Å². The molecule has 0 radical (unpaired) electrons. The number of methoxy groups -OCH3 is 1. The minimum Gasteiger partial charge on any atom is -0.382 e. The van der Waals surface area contributed by atoms with E-state index in [-0.39, 0.29) is 10.7 Å². The third-order valence-corrected chi connectivity index (χ3v) is 6.17. The van der Waals surface area contributed by atoms with Crippen molar-refractivity contribution in [2.45, 2.75) is 24.7 Å². The minimum absolute atomic E-state index is 0.0757. The summed E-state index contributed by atoms with van der Waals surface area (Å²) in [4.78, 5) is 11.5. The number of carbonyl (C=O) groups excluding carboxylic acids is 1. The summed E-state index contributed by atoms with van der Waals surface area (Å²) < 4.78 is 37.3. The van der Waals surface area contributed by atoms with Crippen molar-refractivity contribution >= 4 is 15.8 Å². The van der Waals surface area contributed by atoms with Crippen LogP contribution in [0.5, 0.6) is 0 Å². The largest absolute Gasteiger partial charge is 0.382 e. The van der Waals surface area contributed by atoms with Crippen LogP contribution in [0.3, 0.4) is 0 Å². The maximum atomic E-state index is 12.7. The van der Waals surface area contributed by atoms with Gasteiger partial charge in [-0.2, -0.15) is 4.31 Å². The van der Waals surface area contributed by atoms with Gasteiger partial charge in [0.25, 0.3) is 0 Å². The molecular formula is C17H25NO5S. The molecule has 1 fully saturated rings. The van der Waals surface area contributed by atoms with E-state index in [0.717, 1.165) is 12.8 Å². The minimum atomic E-state index is -3.50. The van der Waals surface area contributed by atoms with Gasteiger partial charge in [-0.1, -0.05) is 12.1 Å². The van der Waals surface area contributed by atoms with Gasteiger partial charge in [-0.05, 0) is 37.8 Å². The van der Waals surface area contributed by atoms with Crippen molar-refractivity contribution in [3.8, 4) is 0 Å². The average Bonchev–Trinajstić information content (AvgIpc) is 2.59. The van der Waals surface area contributed by atoms with Gasteiger partial charge < -0.3 is 9.47 Å². The zero-order chi connectivity index (χ0) is 17.6. The summed E-state index contributed by atoms with van der Waals surface area (Å²) in [5, 5.41) is 0. The normalized spacial score (nSPS) is 17.1. The average molecular weight is 355 g/mol. The number of benzene rings is 1. The van der Waals surface area contributed by atoms with Crippen molar-refractivity contribution in [1.29, 1.82) is 0 Å². The number of hydrogen-bond acceptors (Lipinski definition) is 5. The fourth-order valence-electron chi connectivity index (χ4n) is 2.72. The number of ketones is 1. The monoisotopic (exact) mass is 355 g/mol. The molecule has 1 aliphatic heterocycles. The SMILES string of the molecule is COCCOCC1CCN(S(=O)(=O)c2ccc(C(C)=O)cc2)CC1.